The van der Waals surface area contributed by atoms with Crippen LogP contribution in [0.15, 0.2) is 11.3 Å². The fourth-order valence-corrected chi connectivity index (χ4v) is 1.20. The second kappa shape index (κ2) is 6.58. The number of nitrogens with zero attached hydrogens (tertiary/aromatic N) is 2. The third kappa shape index (κ3) is 4.44. The summed E-state index contributed by atoms with van der Waals surface area (Å²) in [6.45, 7) is 2.12. The average Bonchev–Trinajstić information content (AvgIpc) is 2.66. The lowest BCUT2D eigenvalue weighted by molar-refractivity contribution is 0.856. The van der Waals surface area contributed by atoms with Gasteiger partial charge in [0, 0.05) is 12.6 Å². The van der Waals surface area contributed by atoms with Gasteiger partial charge >= 0.3 is 0 Å². The molecule has 0 aliphatic carbocycles. The van der Waals surface area contributed by atoms with E-state index in [0.717, 1.165) is 24.4 Å². The number of H-pyrrole nitrogens is 1. The second-order valence-corrected chi connectivity index (χ2v) is 4.37. The lowest BCUT2D eigenvalue weighted by Crippen LogP contribution is -2.10. The SMILES string of the molecule is CCCc1nc(C=NNC(=S)SC)c[nH]1. The summed E-state index contributed by atoms with van der Waals surface area (Å²) in [5.74, 6) is 0.992. The van der Waals surface area contributed by atoms with Crippen LogP contribution in [0.3, 0.4) is 0 Å². The Morgan fingerprint density at radius 3 is 3.27 bits per heavy atom. The van der Waals surface area contributed by atoms with Gasteiger partial charge in [-0.25, -0.2) is 4.98 Å². The van der Waals surface area contributed by atoms with Gasteiger partial charge in [-0.2, -0.15) is 5.10 Å². The molecule has 0 atom stereocenters. The highest BCUT2D eigenvalue weighted by Crippen LogP contribution is 1.98. The standard InChI is InChI=1S/C9H14N4S2/c1-3-4-8-10-5-7(12-8)6-11-13-9(14)15-2/h5-6H,3-4H2,1-2H3,(H,10,12)(H,13,14). The molecule has 0 radical (unpaired) electrons. The van der Waals surface area contributed by atoms with Gasteiger partial charge in [0.2, 0.25) is 0 Å². The predicted molar refractivity (Wildman–Crippen MR) is 69.4 cm³/mol. The van der Waals surface area contributed by atoms with Crippen molar-refractivity contribution >= 4 is 34.5 Å². The van der Waals surface area contributed by atoms with Crippen molar-refractivity contribution in [1.82, 2.24) is 15.4 Å². The number of imidazole rings is 1. The highest BCUT2D eigenvalue weighted by molar-refractivity contribution is 8.22. The van der Waals surface area contributed by atoms with E-state index in [2.05, 4.69) is 27.4 Å². The first kappa shape index (κ1) is 12.2. The van der Waals surface area contributed by atoms with Gasteiger partial charge < -0.3 is 4.98 Å². The van der Waals surface area contributed by atoms with Crippen molar-refractivity contribution in [2.75, 3.05) is 6.26 Å². The van der Waals surface area contributed by atoms with Gasteiger partial charge in [0.25, 0.3) is 0 Å². The van der Waals surface area contributed by atoms with E-state index in [-0.39, 0.29) is 0 Å². The van der Waals surface area contributed by atoms with Crippen LogP contribution in [0.5, 0.6) is 0 Å². The molecule has 0 aromatic carbocycles. The van der Waals surface area contributed by atoms with Crippen LogP contribution in [0.4, 0.5) is 0 Å². The number of thioether (sulfide) groups is 1. The number of hydrazone groups is 1. The van der Waals surface area contributed by atoms with Crippen molar-refractivity contribution < 1.29 is 0 Å². The molecule has 1 aromatic rings. The summed E-state index contributed by atoms with van der Waals surface area (Å²) in [5, 5.41) is 3.97. The molecule has 4 nitrogen and oxygen atoms in total. The quantitative estimate of drug-likeness (QED) is 0.481. The van der Waals surface area contributed by atoms with E-state index in [4.69, 9.17) is 12.2 Å². The molecule has 1 heterocycles. The number of nitrogens with one attached hydrogen (secondary N) is 2. The van der Waals surface area contributed by atoms with Crippen LogP contribution in [-0.2, 0) is 6.42 Å². The van der Waals surface area contributed by atoms with Gasteiger partial charge in [0.1, 0.15) is 11.5 Å². The minimum atomic E-state index is 0.649. The van der Waals surface area contributed by atoms with Crippen molar-refractivity contribution in [2.24, 2.45) is 5.10 Å². The average molecular weight is 242 g/mol. The zero-order valence-electron chi connectivity index (χ0n) is 8.78. The van der Waals surface area contributed by atoms with Gasteiger partial charge in [-0.1, -0.05) is 30.9 Å². The molecule has 0 saturated carbocycles. The number of aryl methyl sites for hydroxylation is 1. The molecule has 15 heavy (non-hydrogen) atoms. The first-order chi connectivity index (χ1) is 7.26. The van der Waals surface area contributed by atoms with Gasteiger partial charge in [-0.3, -0.25) is 5.43 Å². The fraction of sp³-hybridized carbons (Fsp3) is 0.444. The number of rotatable bonds is 4. The number of hydrogen-bond donors (Lipinski definition) is 2. The monoisotopic (exact) mass is 242 g/mol. The van der Waals surface area contributed by atoms with Crippen LogP contribution in [0.2, 0.25) is 0 Å². The Labute approximate surface area is 98.9 Å². The second-order valence-electron chi connectivity index (χ2n) is 2.88. The normalized spacial score (nSPS) is 10.8. The first-order valence-corrected chi connectivity index (χ1v) is 6.31. The molecule has 6 heteroatoms. The molecule has 1 rings (SSSR count). The summed E-state index contributed by atoms with van der Waals surface area (Å²) >= 11 is 6.38. The Bertz CT molecular complexity index is 346. The summed E-state index contributed by atoms with van der Waals surface area (Å²) in [7, 11) is 0. The minimum absolute atomic E-state index is 0.649. The first-order valence-electron chi connectivity index (χ1n) is 4.67. The van der Waals surface area contributed by atoms with E-state index in [1.165, 1.54) is 11.8 Å². The van der Waals surface area contributed by atoms with E-state index in [1.807, 2.05) is 12.5 Å². The molecule has 1 aromatic heterocycles. The lowest BCUT2D eigenvalue weighted by atomic mass is 10.3. The van der Waals surface area contributed by atoms with Crippen LogP contribution < -0.4 is 5.43 Å². The molecule has 0 aliphatic heterocycles. The van der Waals surface area contributed by atoms with E-state index in [1.54, 1.807) is 6.21 Å². The summed E-state index contributed by atoms with van der Waals surface area (Å²) in [6, 6.07) is 0. The van der Waals surface area contributed by atoms with E-state index in [0.29, 0.717) is 4.32 Å². The van der Waals surface area contributed by atoms with E-state index in [9.17, 15) is 0 Å². The zero-order valence-corrected chi connectivity index (χ0v) is 10.4. The maximum absolute atomic E-state index is 4.93. The van der Waals surface area contributed by atoms with Gasteiger partial charge in [-0.15, -0.1) is 0 Å². The summed E-state index contributed by atoms with van der Waals surface area (Å²) in [6.07, 6.45) is 7.43. The van der Waals surface area contributed by atoms with Crippen LogP contribution in [0, 0.1) is 0 Å². The topological polar surface area (TPSA) is 53.1 Å². The summed E-state index contributed by atoms with van der Waals surface area (Å²) in [5.41, 5.74) is 3.55. The Hall–Kier alpha value is -0.880. The third-order valence-corrected chi connectivity index (χ3v) is 2.73. The molecule has 0 spiro atoms. The van der Waals surface area contributed by atoms with Crippen molar-refractivity contribution in [3.05, 3.63) is 17.7 Å². The molecule has 0 bridgehead atoms. The van der Waals surface area contributed by atoms with Gasteiger partial charge in [0.05, 0.1) is 6.21 Å². The molecule has 0 amide bonds. The molecular formula is C9H14N4S2. The van der Waals surface area contributed by atoms with Gasteiger partial charge in [-0.05, 0) is 12.7 Å². The molecule has 0 fully saturated rings. The predicted octanol–water partition coefficient (Wildman–Crippen LogP) is 1.93. The third-order valence-electron chi connectivity index (χ3n) is 1.68. The van der Waals surface area contributed by atoms with E-state index < -0.39 is 0 Å². The van der Waals surface area contributed by atoms with Crippen LogP contribution in [-0.4, -0.2) is 26.8 Å². The van der Waals surface area contributed by atoms with Crippen molar-refractivity contribution in [3.8, 4) is 0 Å². The maximum atomic E-state index is 4.93. The Balaban J connectivity index is 2.46. The van der Waals surface area contributed by atoms with Crippen LogP contribution in [0.1, 0.15) is 24.9 Å². The molecule has 82 valence electrons. The molecule has 0 unspecified atom stereocenters. The molecular weight excluding hydrogens is 228 g/mol. The number of hydrogen-bond acceptors (Lipinski definition) is 4. The van der Waals surface area contributed by atoms with Crippen LogP contribution >= 0.6 is 24.0 Å². The molecule has 0 aliphatic rings. The van der Waals surface area contributed by atoms with Crippen LogP contribution in [0.25, 0.3) is 0 Å². The Morgan fingerprint density at radius 1 is 1.80 bits per heavy atom. The van der Waals surface area contributed by atoms with Crippen molar-refractivity contribution in [2.45, 2.75) is 19.8 Å². The Morgan fingerprint density at radius 2 is 2.60 bits per heavy atom. The highest BCUT2D eigenvalue weighted by atomic mass is 32.2. The van der Waals surface area contributed by atoms with E-state index >= 15 is 0 Å². The molecule has 2 N–H and O–H groups in total. The summed E-state index contributed by atoms with van der Waals surface area (Å²) in [4.78, 5) is 7.42. The van der Waals surface area contributed by atoms with Gasteiger partial charge in [0.15, 0.2) is 4.32 Å². The smallest absolute Gasteiger partial charge is 0.153 e. The number of thiocarbonyl (C=S) groups is 1. The highest BCUT2D eigenvalue weighted by Gasteiger charge is 1.97. The lowest BCUT2D eigenvalue weighted by Gasteiger charge is -1.94. The minimum Gasteiger partial charge on any atom is -0.348 e. The largest absolute Gasteiger partial charge is 0.348 e. The number of aromatic nitrogens is 2. The zero-order chi connectivity index (χ0) is 11.1. The Kier molecular flexibility index (Phi) is 5.34. The summed E-state index contributed by atoms with van der Waals surface area (Å²) < 4.78 is 0.649. The number of aromatic amines is 1. The maximum Gasteiger partial charge on any atom is 0.153 e. The van der Waals surface area contributed by atoms with Crippen molar-refractivity contribution in [1.29, 1.82) is 0 Å². The molecule has 0 saturated heterocycles. The fourth-order valence-electron chi connectivity index (χ4n) is 1.01. The van der Waals surface area contributed by atoms with Crippen molar-refractivity contribution in [3.63, 3.8) is 0 Å².